The average molecular weight is 400 g/mol. The number of nitrogens with one attached hydrogen (secondary N) is 1. The zero-order valence-electron chi connectivity index (χ0n) is 16.1. The van der Waals surface area contributed by atoms with Crippen LogP contribution >= 0.6 is 10.6 Å². The fourth-order valence-corrected chi connectivity index (χ4v) is 3.80. The van der Waals surface area contributed by atoms with Crippen LogP contribution in [0.5, 0.6) is 0 Å². The summed E-state index contributed by atoms with van der Waals surface area (Å²) in [4.78, 5) is 24.0. The number of aliphatic hydroxyl groups is 1. The van der Waals surface area contributed by atoms with Crippen molar-refractivity contribution in [3.63, 3.8) is 0 Å². The fraction of sp³-hybridized carbons (Fsp3) is 0.611. The van der Waals surface area contributed by atoms with Crippen LogP contribution < -0.4 is 5.32 Å². The first-order valence-electron chi connectivity index (χ1n) is 8.77. The third-order valence-corrected chi connectivity index (χ3v) is 7.26. The van der Waals surface area contributed by atoms with Crippen LogP contribution in [0.3, 0.4) is 0 Å². The van der Waals surface area contributed by atoms with Crippen LogP contribution in [0.25, 0.3) is 0 Å². The Labute approximate surface area is 160 Å². The maximum Gasteiger partial charge on any atom is 0.252 e. The molecule has 1 aliphatic rings. The summed E-state index contributed by atoms with van der Waals surface area (Å²) in [5.74, 6) is -0.404. The zero-order valence-corrected chi connectivity index (χ0v) is 16.9. The second kappa shape index (κ2) is 7.75. The van der Waals surface area contributed by atoms with Crippen molar-refractivity contribution in [3.8, 4) is 0 Å². The zero-order chi connectivity index (χ0) is 20.5. The average Bonchev–Trinajstić information content (AvgIpc) is 3.06. The van der Waals surface area contributed by atoms with E-state index in [9.17, 15) is 23.8 Å². The SMILES string of the molecule is CC(C)(CO)c1cc(NC(=O)C(C)(C)S(O)(O)C=C2CCC(=O)CC2)on1. The van der Waals surface area contributed by atoms with E-state index in [2.05, 4.69) is 10.5 Å². The molecule has 2 rings (SSSR count). The van der Waals surface area contributed by atoms with Gasteiger partial charge in [-0.25, -0.2) is 0 Å². The Balaban J connectivity index is 2.14. The number of allylic oxidation sites excluding steroid dienone is 1. The van der Waals surface area contributed by atoms with Gasteiger partial charge in [-0.05, 0) is 26.7 Å². The van der Waals surface area contributed by atoms with Crippen LogP contribution in [-0.4, -0.2) is 42.4 Å². The molecule has 9 heteroatoms. The van der Waals surface area contributed by atoms with Crippen LogP contribution in [-0.2, 0) is 15.0 Å². The summed E-state index contributed by atoms with van der Waals surface area (Å²) < 4.78 is 24.8. The van der Waals surface area contributed by atoms with E-state index >= 15 is 0 Å². The molecule has 1 aliphatic carbocycles. The predicted molar refractivity (Wildman–Crippen MR) is 104 cm³/mol. The van der Waals surface area contributed by atoms with Crippen LogP contribution in [0, 0.1) is 0 Å². The van der Waals surface area contributed by atoms with Crippen molar-refractivity contribution in [2.45, 2.75) is 63.5 Å². The number of carbonyl (C=O) groups is 2. The molecular formula is C18H28N2O6S. The van der Waals surface area contributed by atoms with E-state index in [0.29, 0.717) is 31.4 Å². The Morgan fingerprint density at radius 1 is 1.26 bits per heavy atom. The summed E-state index contributed by atoms with van der Waals surface area (Å²) in [7, 11) is -3.41. The third-order valence-electron chi connectivity index (χ3n) is 4.91. The van der Waals surface area contributed by atoms with Gasteiger partial charge in [0.1, 0.15) is 10.5 Å². The molecule has 0 radical (unpaired) electrons. The van der Waals surface area contributed by atoms with E-state index in [1.165, 1.54) is 25.3 Å². The quantitative estimate of drug-likeness (QED) is 0.575. The standard InChI is InChI=1S/C18H28N2O6S/c1-17(2,11-21)14-9-15(26-20-14)19-16(23)18(3,4)27(24,25)10-12-5-7-13(22)8-6-12/h9-10,21,24-25H,5-8,11H2,1-4H3,(H,19,23). The Bertz CT molecular complexity index is 739. The largest absolute Gasteiger partial charge is 0.395 e. The highest BCUT2D eigenvalue weighted by Crippen LogP contribution is 2.55. The Kier molecular flexibility index (Phi) is 6.20. The molecule has 1 fully saturated rings. The highest BCUT2D eigenvalue weighted by molar-refractivity contribution is 8.28. The number of aromatic nitrogens is 1. The van der Waals surface area contributed by atoms with Gasteiger partial charge in [0.15, 0.2) is 0 Å². The van der Waals surface area contributed by atoms with E-state index in [1.54, 1.807) is 13.8 Å². The maximum absolute atomic E-state index is 12.7. The highest BCUT2D eigenvalue weighted by Gasteiger charge is 2.41. The number of hydrogen-bond donors (Lipinski definition) is 4. The second-order valence-electron chi connectivity index (χ2n) is 7.99. The molecule has 1 saturated carbocycles. The van der Waals surface area contributed by atoms with Crippen molar-refractivity contribution in [2.24, 2.45) is 0 Å². The minimum Gasteiger partial charge on any atom is -0.395 e. The highest BCUT2D eigenvalue weighted by atomic mass is 32.3. The molecule has 0 unspecified atom stereocenters. The van der Waals surface area contributed by atoms with Gasteiger partial charge in [0.2, 0.25) is 5.88 Å². The third kappa shape index (κ3) is 4.78. The first kappa shape index (κ1) is 21.6. The predicted octanol–water partition coefficient (Wildman–Crippen LogP) is 3.44. The normalized spacial score (nSPS) is 17.0. The number of hydrogen-bond acceptors (Lipinski definition) is 7. The molecule has 0 atom stereocenters. The summed E-state index contributed by atoms with van der Waals surface area (Å²) in [5.41, 5.74) is 0.620. The van der Waals surface area contributed by atoms with Crippen molar-refractivity contribution in [2.75, 3.05) is 11.9 Å². The van der Waals surface area contributed by atoms with E-state index in [-0.39, 0.29) is 18.3 Å². The molecule has 1 aromatic rings. The Morgan fingerprint density at radius 2 is 1.85 bits per heavy atom. The Hall–Kier alpha value is -1.68. The number of aliphatic hydroxyl groups excluding tert-OH is 1. The lowest BCUT2D eigenvalue weighted by molar-refractivity contribution is -0.120. The maximum atomic E-state index is 12.7. The van der Waals surface area contributed by atoms with Gasteiger partial charge in [-0.15, -0.1) is 0 Å². The van der Waals surface area contributed by atoms with Gasteiger partial charge in [0.25, 0.3) is 5.91 Å². The monoisotopic (exact) mass is 400 g/mol. The van der Waals surface area contributed by atoms with Gasteiger partial charge in [0, 0.05) is 29.7 Å². The van der Waals surface area contributed by atoms with Crippen LogP contribution in [0.2, 0.25) is 0 Å². The van der Waals surface area contributed by atoms with Gasteiger partial charge < -0.3 is 9.63 Å². The molecule has 1 amide bonds. The topological polar surface area (TPSA) is 133 Å². The molecule has 1 heterocycles. The minimum atomic E-state index is -3.41. The molecule has 0 spiro atoms. The van der Waals surface area contributed by atoms with E-state index < -0.39 is 26.7 Å². The molecule has 4 N–H and O–H groups in total. The molecule has 8 nitrogen and oxygen atoms in total. The van der Waals surface area contributed by atoms with Crippen molar-refractivity contribution < 1.29 is 28.3 Å². The van der Waals surface area contributed by atoms with Gasteiger partial charge in [-0.2, -0.15) is 10.6 Å². The number of anilines is 1. The van der Waals surface area contributed by atoms with Crippen molar-refractivity contribution in [3.05, 3.63) is 22.7 Å². The van der Waals surface area contributed by atoms with E-state index in [0.717, 1.165) is 5.57 Å². The van der Waals surface area contributed by atoms with E-state index in [4.69, 9.17) is 4.52 Å². The molecule has 152 valence electrons. The molecule has 0 aliphatic heterocycles. The lowest BCUT2D eigenvalue weighted by Gasteiger charge is -2.43. The lowest BCUT2D eigenvalue weighted by atomic mass is 9.91. The molecule has 0 bridgehead atoms. The van der Waals surface area contributed by atoms with Crippen LogP contribution in [0.15, 0.2) is 21.6 Å². The number of Topliss-reactive ketones (excluding diaryl/α,β-unsaturated/α-hetero) is 1. The summed E-state index contributed by atoms with van der Waals surface area (Å²) in [6.07, 6.45) is 1.73. The Morgan fingerprint density at radius 3 is 2.41 bits per heavy atom. The summed E-state index contributed by atoms with van der Waals surface area (Å²) in [6.45, 7) is 6.29. The van der Waals surface area contributed by atoms with Crippen LogP contribution in [0.4, 0.5) is 5.88 Å². The van der Waals surface area contributed by atoms with Gasteiger partial charge in [-0.3, -0.25) is 24.0 Å². The molecule has 1 aromatic heterocycles. The van der Waals surface area contributed by atoms with Crippen molar-refractivity contribution >= 4 is 28.2 Å². The van der Waals surface area contributed by atoms with Crippen LogP contribution in [0.1, 0.15) is 59.1 Å². The van der Waals surface area contributed by atoms with Crippen molar-refractivity contribution in [1.29, 1.82) is 0 Å². The lowest BCUT2D eigenvalue weighted by Crippen LogP contribution is -2.41. The summed E-state index contributed by atoms with van der Waals surface area (Å²) in [5, 5.41) is 17.1. The van der Waals surface area contributed by atoms with Crippen molar-refractivity contribution in [1.82, 2.24) is 5.16 Å². The number of amides is 1. The first-order chi connectivity index (χ1) is 12.4. The summed E-state index contributed by atoms with van der Waals surface area (Å²) in [6, 6.07) is 1.50. The number of rotatable bonds is 6. The molecular weight excluding hydrogens is 372 g/mol. The number of ketones is 1. The number of nitrogens with zero attached hydrogens (tertiary/aromatic N) is 1. The van der Waals surface area contributed by atoms with Gasteiger partial charge in [-0.1, -0.05) is 24.6 Å². The summed E-state index contributed by atoms with van der Waals surface area (Å²) >= 11 is 0. The second-order valence-corrected chi connectivity index (χ2v) is 10.4. The molecule has 0 aromatic carbocycles. The molecule has 0 saturated heterocycles. The fourth-order valence-electron chi connectivity index (χ4n) is 2.48. The minimum absolute atomic E-state index is 0.0655. The first-order valence-corrected chi connectivity index (χ1v) is 10.4. The molecule has 27 heavy (non-hydrogen) atoms. The smallest absolute Gasteiger partial charge is 0.252 e. The van der Waals surface area contributed by atoms with Gasteiger partial charge >= 0.3 is 0 Å². The van der Waals surface area contributed by atoms with E-state index in [1.807, 2.05) is 0 Å². The number of carbonyl (C=O) groups excluding carboxylic acids is 2. The van der Waals surface area contributed by atoms with Gasteiger partial charge in [0.05, 0.1) is 12.3 Å².